The van der Waals surface area contributed by atoms with Gasteiger partial charge in [0.1, 0.15) is 11.0 Å². The van der Waals surface area contributed by atoms with Gasteiger partial charge in [0.2, 0.25) is 0 Å². The number of primary amides is 1. The molecule has 27 heavy (non-hydrogen) atoms. The van der Waals surface area contributed by atoms with Crippen LogP contribution in [0.5, 0.6) is 0 Å². The average molecular weight is 380 g/mol. The Balaban J connectivity index is 1.73. The Hall–Kier alpha value is -2.96. The molecule has 3 rings (SSSR count). The van der Waals surface area contributed by atoms with Gasteiger partial charge in [-0.1, -0.05) is 60.2 Å². The lowest BCUT2D eigenvalue weighted by molar-refractivity contribution is -0.676. The second-order valence-electron chi connectivity index (χ2n) is 6.31. The predicted molar refractivity (Wildman–Crippen MR) is 108 cm³/mol. The molecule has 2 aromatic carbocycles. The number of rotatable bonds is 7. The Kier molecular flexibility index (Phi) is 6.01. The van der Waals surface area contributed by atoms with Crippen LogP contribution in [-0.2, 0) is 4.79 Å². The fourth-order valence-corrected chi connectivity index (χ4v) is 3.71. The summed E-state index contributed by atoms with van der Waals surface area (Å²) >= 11 is 1.29. The lowest BCUT2D eigenvalue weighted by Gasteiger charge is -2.16. The Labute approximate surface area is 162 Å². The van der Waals surface area contributed by atoms with E-state index < -0.39 is 5.91 Å². The molecule has 3 aromatic rings. The molecule has 2 amide bonds. The van der Waals surface area contributed by atoms with E-state index in [0.717, 1.165) is 11.1 Å². The highest BCUT2D eigenvalue weighted by atomic mass is 32.1. The van der Waals surface area contributed by atoms with Gasteiger partial charge in [-0.25, -0.2) is 0 Å². The highest BCUT2D eigenvalue weighted by Crippen LogP contribution is 2.22. The molecule has 1 heterocycles. The standard InChI is InChI=1S/C21H21N3O2S/c1-14-7-9-16(10-8-14)19(15-5-3-2-4-6-15)23-13-18(25)24-21-17(20(22)26)11-12-27-21/h2-12,19,23H,13H2,1H3,(H2,22,26)(H,24,25)/p+1/t19-/m0/s1. The van der Waals surface area contributed by atoms with Gasteiger partial charge in [-0.05, 0) is 18.4 Å². The molecule has 138 valence electrons. The van der Waals surface area contributed by atoms with Crippen molar-refractivity contribution < 1.29 is 14.9 Å². The number of nitrogens with two attached hydrogens (primary N) is 2. The zero-order valence-electron chi connectivity index (χ0n) is 15.0. The quantitative estimate of drug-likeness (QED) is 0.588. The Bertz CT molecular complexity index is 920. The van der Waals surface area contributed by atoms with Crippen molar-refractivity contribution in [1.29, 1.82) is 0 Å². The number of amides is 2. The van der Waals surface area contributed by atoms with Crippen molar-refractivity contribution in [2.75, 3.05) is 11.9 Å². The molecule has 0 spiro atoms. The summed E-state index contributed by atoms with van der Waals surface area (Å²) in [5.74, 6) is -0.717. The van der Waals surface area contributed by atoms with Gasteiger partial charge in [0, 0.05) is 11.1 Å². The summed E-state index contributed by atoms with van der Waals surface area (Å²) in [5.41, 5.74) is 9.12. The van der Waals surface area contributed by atoms with Crippen LogP contribution in [-0.4, -0.2) is 18.4 Å². The normalized spacial score (nSPS) is 11.7. The van der Waals surface area contributed by atoms with Gasteiger partial charge in [-0.15, -0.1) is 11.3 Å². The number of nitrogens with one attached hydrogen (secondary N) is 1. The number of hydrogen-bond acceptors (Lipinski definition) is 3. The van der Waals surface area contributed by atoms with E-state index in [9.17, 15) is 9.59 Å². The first-order valence-corrected chi connectivity index (χ1v) is 9.54. The van der Waals surface area contributed by atoms with Crippen molar-refractivity contribution in [3.05, 3.63) is 88.3 Å². The third-order valence-electron chi connectivity index (χ3n) is 4.32. The van der Waals surface area contributed by atoms with Crippen LogP contribution >= 0.6 is 11.3 Å². The monoisotopic (exact) mass is 380 g/mol. The van der Waals surface area contributed by atoms with Crippen molar-refractivity contribution in [2.45, 2.75) is 13.0 Å². The molecule has 0 unspecified atom stereocenters. The van der Waals surface area contributed by atoms with Crippen molar-refractivity contribution in [3.63, 3.8) is 0 Å². The Morgan fingerprint density at radius 2 is 1.70 bits per heavy atom. The first-order valence-electron chi connectivity index (χ1n) is 8.66. The van der Waals surface area contributed by atoms with E-state index in [1.165, 1.54) is 16.9 Å². The van der Waals surface area contributed by atoms with Crippen LogP contribution in [0.1, 0.15) is 33.1 Å². The van der Waals surface area contributed by atoms with E-state index >= 15 is 0 Å². The summed E-state index contributed by atoms with van der Waals surface area (Å²) in [6.45, 7) is 2.28. The summed E-state index contributed by atoms with van der Waals surface area (Å²) in [7, 11) is 0. The zero-order chi connectivity index (χ0) is 19.2. The number of anilines is 1. The number of carbonyl (C=O) groups excluding carboxylic acids is 2. The topological polar surface area (TPSA) is 88.8 Å². The molecule has 5 nitrogen and oxygen atoms in total. The molecule has 0 aliphatic carbocycles. The molecule has 0 fully saturated rings. The van der Waals surface area contributed by atoms with Crippen LogP contribution in [0.15, 0.2) is 66.0 Å². The van der Waals surface area contributed by atoms with E-state index in [0.29, 0.717) is 10.6 Å². The number of hydrogen-bond donors (Lipinski definition) is 3. The minimum Gasteiger partial charge on any atom is -0.366 e. The first kappa shape index (κ1) is 18.8. The summed E-state index contributed by atoms with van der Waals surface area (Å²) < 4.78 is 0. The molecule has 0 saturated heterocycles. The molecule has 0 radical (unpaired) electrons. The van der Waals surface area contributed by atoms with Gasteiger partial charge in [-0.2, -0.15) is 0 Å². The molecular formula is C21H22N3O2S+. The average Bonchev–Trinajstić information content (AvgIpc) is 3.12. The number of carbonyl (C=O) groups is 2. The summed E-state index contributed by atoms with van der Waals surface area (Å²) in [6, 6.07) is 20.0. The number of quaternary nitrogens is 1. The maximum Gasteiger partial charge on any atom is 0.280 e. The lowest BCUT2D eigenvalue weighted by atomic mass is 9.98. The zero-order valence-corrected chi connectivity index (χ0v) is 15.8. The van der Waals surface area contributed by atoms with Gasteiger partial charge >= 0.3 is 0 Å². The SMILES string of the molecule is Cc1ccc([C@@H]([NH2+]CC(=O)Nc2sccc2C(N)=O)c2ccccc2)cc1. The molecule has 6 heteroatoms. The minimum absolute atomic E-state index is 0.0106. The van der Waals surface area contributed by atoms with Gasteiger partial charge in [-0.3, -0.25) is 9.59 Å². The molecular weight excluding hydrogens is 358 g/mol. The van der Waals surface area contributed by atoms with Gasteiger partial charge in [0.25, 0.3) is 11.8 Å². The summed E-state index contributed by atoms with van der Waals surface area (Å²) in [5, 5.41) is 7.01. The van der Waals surface area contributed by atoms with E-state index in [4.69, 9.17) is 5.73 Å². The van der Waals surface area contributed by atoms with Crippen LogP contribution in [0.25, 0.3) is 0 Å². The molecule has 0 aliphatic heterocycles. The van der Waals surface area contributed by atoms with E-state index in [1.807, 2.05) is 23.5 Å². The predicted octanol–water partition coefficient (Wildman–Crippen LogP) is 2.45. The third kappa shape index (κ3) is 4.81. The summed E-state index contributed by atoms with van der Waals surface area (Å²) in [6.07, 6.45) is 0. The smallest absolute Gasteiger partial charge is 0.280 e. The number of benzene rings is 2. The van der Waals surface area contributed by atoms with Crippen molar-refractivity contribution >= 4 is 28.2 Å². The van der Waals surface area contributed by atoms with Crippen LogP contribution < -0.4 is 16.4 Å². The fourth-order valence-electron chi connectivity index (χ4n) is 2.90. The highest BCUT2D eigenvalue weighted by molar-refractivity contribution is 7.14. The van der Waals surface area contributed by atoms with Crippen molar-refractivity contribution in [1.82, 2.24) is 0 Å². The van der Waals surface area contributed by atoms with E-state index in [-0.39, 0.29) is 18.5 Å². The molecule has 1 atom stereocenters. The first-order chi connectivity index (χ1) is 13.0. The Morgan fingerprint density at radius 3 is 2.37 bits per heavy atom. The van der Waals surface area contributed by atoms with Gasteiger partial charge in [0.05, 0.1) is 5.56 Å². The van der Waals surface area contributed by atoms with Crippen LogP contribution in [0.4, 0.5) is 5.00 Å². The van der Waals surface area contributed by atoms with Crippen LogP contribution in [0.2, 0.25) is 0 Å². The van der Waals surface area contributed by atoms with Crippen LogP contribution in [0.3, 0.4) is 0 Å². The number of thiophene rings is 1. The molecule has 1 aromatic heterocycles. The van der Waals surface area contributed by atoms with E-state index in [2.05, 4.69) is 48.6 Å². The third-order valence-corrected chi connectivity index (χ3v) is 5.15. The maximum atomic E-state index is 12.4. The Morgan fingerprint density at radius 1 is 1.04 bits per heavy atom. The van der Waals surface area contributed by atoms with Crippen molar-refractivity contribution in [2.24, 2.45) is 5.73 Å². The molecule has 0 bridgehead atoms. The van der Waals surface area contributed by atoms with E-state index in [1.54, 1.807) is 11.4 Å². The summed E-state index contributed by atoms with van der Waals surface area (Å²) in [4.78, 5) is 23.8. The maximum absolute atomic E-state index is 12.4. The second kappa shape index (κ2) is 8.62. The highest BCUT2D eigenvalue weighted by Gasteiger charge is 2.20. The van der Waals surface area contributed by atoms with Crippen molar-refractivity contribution in [3.8, 4) is 0 Å². The van der Waals surface area contributed by atoms with Crippen LogP contribution in [0, 0.1) is 6.92 Å². The minimum atomic E-state index is -0.544. The molecule has 5 N–H and O–H groups in total. The van der Waals surface area contributed by atoms with Gasteiger partial charge in [0.15, 0.2) is 6.54 Å². The molecule has 0 saturated carbocycles. The lowest BCUT2D eigenvalue weighted by Crippen LogP contribution is -2.87. The largest absolute Gasteiger partial charge is 0.366 e. The van der Waals surface area contributed by atoms with Gasteiger partial charge < -0.3 is 16.4 Å². The fraction of sp³-hybridized carbons (Fsp3) is 0.143. The second-order valence-corrected chi connectivity index (χ2v) is 7.23. The molecule has 0 aliphatic rings. The number of aryl methyl sites for hydroxylation is 1.